The third kappa shape index (κ3) is 2.98. The van der Waals surface area contributed by atoms with Crippen molar-refractivity contribution < 1.29 is 4.39 Å². The molecule has 2 N–H and O–H groups in total. The maximum Gasteiger partial charge on any atom is 0.123 e. The third-order valence-corrected chi connectivity index (χ3v) is 5.26. The van der Waals surface area contributed by atoms with Gasteiger partial charge in [-0.25, -0.2) is 4.39 Å². The number of likely N-dealkylation sites (tertiary alicyclic amines) is 1. The largest absolute Gasteiger partial charge is 0.329 e. The molecule has 116 valence electrons. The van der Waals surface area contributed by atoms with Crippen LogP contribution >= 0.6 is 0 Å². The molecule has 0 amide bonds. The third-order valence-electron chi connectivity index (χ3n) is 5.26. The van der Waals surface area contributed by atoms with Gasteiger partial charge in [0, 0.05) is 37.3 Å². The summed E-state index contributed by atoms with van der Waals surface area (Å²) in [6.07, 6.45) is 3.80. The van der Waals surface area contributed by atoms with E-state index in [4.69, 9.17) is 5.73 Å². The number of benzene rings is 1. The smallest absolute Gasteiger partial charge is 0.123 e. The molecule has 1 saturated heterocycles. The average molecular weight is 291 g/mol. The number of nitrogens with zero attached hydrogens (tertiary/aromatic N) is 2. The maximum atomic E-state index is 13.0. The zero-order valence-electron chi connectivity index (χ0n) is 13.1. The molecule has 1 heterocycles. The van der Waals surface area contributed by atoms with Crippen molar-refractivity contribution in [3.05, 3.63) is 35.6 Å². The number of hydrogen-bond acceptors (Lipinski definition) is 3. The SMILES string of the molecule is CC1CC(CN)(N(C)Cc2ccc(F)cc2)CN1C1CC1. The van der Waals surface area contributed by atoms with E-state index >= 15 is 0 Å². The summed E-state index contributed by atoms with van der Waals surface area (Å²) in [4.78, 5) is 5.01. The highest BCUT2D eigenvalue weighted by atomic mass is 19.1. The highest BCUT2D eigenvalue weighted by Gasteiger charge is 2.48. The van der Waals surface area contributed by atoms with Crippen LogP contribution in [0.3, 0.4) is 0 Å². The minimum atomic E-state index is -0.177. The topological polar surface area (TPSA) is 32.5 Å². The molecule has 0 spiro atoms. The van der Waals surface area contributed by atoms with Gasteiger partial charge in [-0.15, -0.1) is 0 Å². The second-order valence-electron chi connectivity index (χ2n) is 6.87. The predicted octanol–water partition coefficient (Wildman–Crippen LogP) is 2.21. The molecule has 3 nitrogen and oxygen atoms in total. The lowest BCUT2D eigenvalue weighted by atomic mass is 9.94. The fourth-order valence-electron chi connectivity index (χ4n) is 3.73. The first-order valence-electron chi connectivity index (χ1n) is 7.95. The molecule has 2 unspecified atom stereocenters. The molecule has 2 fully saturated rings. The fourth-order valence-corrected chi connectivity index (χ4v) is 3.73. The van der Waals surface area contributed by atoms with Crippen molar-refractivity contribution >= 4 is 0 Å². The van der Waals surface area contributed by atoms with Crippen LogP contribution in [-0.2, 0) is 6.54 Å². The second kappa shape index (κ2) is 5.67. The second-order valence-corrected chi connectivity index (χ2v) is 6.87. The van der Waals surface area contributed by atoms with Crippen LogP contribution in [-0.4, -0.2) is 47.6 Å². The molecule has 4 heteroatoms. The minimum absolute atomic E-state index is 0.0520. The van der Waals surface area contributed by atoms with Crippen molar-refractivity contribution in [2.75, 3.05) is 20.1 Å². The molecule has 21 heavy (non-hydrogen) atoms. The molecule has 1 aliphatic heterocycles. The van der Waals surface area contributed by atoms with Crippen LogP contribution in [0.5, 0.6) is 0 Å². The van der Waals surface area contributed by atoms with Crippen molar-refractivity contribution in [3.63, 3.8) is 0 Å². The summed E-state index contributed by atoms with van der Waals surface area (Å²) in [7, 11) is 2.15. The molecule has 2 atom stereocenters. The molecule has 1 aromatic carbocycles. The van der Waals surface area contributed by atoms with Crippen molar-refractivity contribution in [1.29, 1.82) is 0 Å². The Morgan fingerprint density at radius 3 is 2.57 bits per heavy atom. The molecule has 0 radical (unpaired) electrons. The summed E-state index contributed by atoms with van der Waals surface area (Å²) >= 11 is 0. The van der Waals surface area contributed by atoms with Gasteiger partial charge in [0.25, 0.3) is 0 Å². The first-order chi connectivity index (χ1) is 10.0. The fraction of sp³-hybridized carbons (Fsp3) is 0.647. The lowest BCUT2D eigenvalue weighted by Gasteiger charge is -2.38. The average Bonchev–Trinajstić information content (AvgIpc) is 3.25. The van der Waals surface area contributed by atoms with Gasteiger partial charge in [0.15, 0.2) is 0 Å². The highest BCUT2D eigenvalue weighted by Crippen LogP contribution is 2.39. The van der Waals surface area contributed by atoms with Gasteiger partial charge in [0.2, 0.25) is 0 Å². The summed E-state index contributed by atoms with van der Waals surface area (Å²) in [6.45, 7) is 4.88. The first-order valence-corrected chi connectivity index (χ1v) is 7.95. The van der Waals surface area contributed by atoms with E-state index in [1.165, 1.54) is 25.0 Å². The number of nitrogens with two attached hydrogens (primary N) is 1. The van der Waals surface area contributed by atoms with E-state index in [1.54, 1.807) is 0 Å². The Balaban J connectivity index is 1.71. The standard InChI is InChI=1S/C17H26FN3/c1-13-9-17(11-19,12-21(13)16-7-8-16)20(2)10-14-3-5-15(18)6-4-14/h3-6,13,16H,7-12,19H2,1-2H3. The zero-order valence-corrected chi connectivity index (χ0v) is 13.1. The number of halogens is 1. The van der Waals surface area contributed by atoms with Crippen LogP contribution in [0.1, 0.15) is 31.7 Å². The molecule has 0 aromatic heterocycles. The molecule has 1 aliphatic carbocycles. The summed E-state index contributed by atoms with van der Waals surface area (Å²) in [5.41, 5.74) is 7.36. The quantitative estimate of drug-likeness (QED) is 0.903. The van der Waals surface area contributed by atoms with Gasteiger partial charge in [0.1, 0.15) is 5.82 Å². The van der Waals surface area contributed by atoms with Gasteiger partial charge in [-0.05, 0) is 50.9 Å². The summed E-state index contributed by atoms with van der Waals surface area (Å²) in [5, 5.41) is 0. The van der Waals surface area contributed by atoms with Crippen LogP contribution in [0.2, 0.25) is 0 Å². The Labute approximate surface area is 126 Å². The van der Waals surface area contributed by atoms with E-state index in [9.17, 15) is 4.39 Å². The van der Waals surface area contributed by atoms with Crippen LogP contribution in [0.25, 0.3) is 0 Å². The van der Waals surface area contributed by atoms with Gasteiger partial charge >= 0.3 is 0 Å². The Morgan fingerprint density at radius 2 is 2.00 bits per heavy atom. The van der Waals surface area contributed by atoms with Crippen molar-refractivity contribution in [2.45, 2.75) is 50.4 Å². The lowest BCUT2D eigenvalue weighted by molar-refractivity contribution is 0.120. The molecule has 2 aliphatic rings. The highest BCUT2D eigenvalue weighted by molar-refractivity contribution is 5.17. The van der Waals surface area contributed by atoms with E-state index in [1.807, 2.05) is 12.1 Å². The molecule has 3 rings (SSSR count). The van der Waals surface area contributed by atoms with Crippen LogP contribution < -0.4 is 5.73 Å². The molecular weight excluding hydrogens is 265 g/mol. The van der Waals surface area contributed by atoms with Crippen molar-refractivity contribution in [3.8, 4) is 0 Å². The molecular formula is C17H26FN3. The van der Waals surface area contributed by atoms with Gasteiger partial charge in [-0.1, -0.05) is 12.1 Å². The van der Waals surface area contributed by atoms with Crippen LogP contribution in [0, 0.1) is 5.82 Å². The Kier molecular flexibility index (Phi) is 4.04. The predicted molar refractivity (Wildman–Crippen MR) is 83.5 cm³/mol. The normalized spacial score (nSPS) is 30.2. The number of likely N-dealkylation sites (N-methyl/N-ethyl adjacent to an activating group) is 1. The lowest BCUT2D eigenvalue weighted by Crippen LogP contribution is -2.53. The Hall–Kier alpha value is -0.970. The van der Waals surface area contributed by atoms with Crippen molar-refractivity contribution in [1.82, 2.24) is 9.80 Å². The summed E-state index contributed by atoms with van der Waals surface area (Å²) in [5.74, 6) is -0.177. The number of rotatable bonds is 5. The summed E-state index contributed by atoms with van der Waals surface area (Å²) in [6, 6.07) is 8.20. The van der Waals surface area contributed by atoms with E-state index < -0.39 is 0 Å². The van der Waals surface area contributed by atoms with Gasteiger partial charge in [-0.3, -0.25) is 9.80 Å². The maximum absolute atomic E-state index is 13.0. The van der Waals surface area contributed by atoms with E-state index in [0.717, 1.165) is 31.1 Å². The Morgan fingerprint density at radius 1 is 1.33 bits per heavy atom. The van der Waals surface area contributed by atoms with Crippen LogP contribution in [0.15, 0.2) is 24.3 Å². The summed E-state index contributed by atoms with van der Waals surface area (Å²) < 4.78 is 13.0. The monoisotopic (exact) mass is 291 g/mol. The van der Waals surface area contributed by atoms with E-state index in [2.05, 4.69) is 23.8 Å². The number of hydrogen-bond donors (Lipinski definition) is 1. The minimum Gasteiger partial charge on any atom is -0.329 e. The zero-order chi connectivity index (χ0) is 15.0. The van der Waals surface area contributed by atoms with Gasteiger partial charge < -0.3 is 5.73 Å². The van der Waals surface area contributed by atoms with E-state index in [0.29, 0.717) is 12.6 Å². The molecule has 1 aromatic rings. The first kappa shape index (κ1) is 14.9. The van der Waals surface area contributed by atoms with Gasteiger partial charge in [0.05, 0.1) is 0 Å². The Bertz CT molecular complexity index is 485. The van der Waals surface area contributed by atoms with Crippen LogP contribution in [0.4, 0.5) is 4.39 Å². The molecule has 0 bridgehead atoms. The van der Waals surface area contributed by atoms with Gasteiger partial charge in [-0.2, -0.15) is 0 Å². The van der Waals surface area contributed by atoms with Crippen molar-refractivity contribution in [2.24, 2.45) is 5.73 Å². The van der Waals surface area contributed by atoms with E-state index in [-0.39, 0.29) is 11.4 Å². The molecule has 1 saturated carbocycles.